The van der Waals surface area contributed by atoms with Crippen LogP contribution in [0.5, 0.6) is 0 Å². The van der Waals surface area contributed by atoms with Crippen molar-refractivity contribution in [3.63, 3.8) is 0 Å². The van der Waals surface area contributed by atoms with E-state index < -0.39 is 0 Å². The van der Waals surface area contributed by atoms with Crippen molar-refractivity contribution in [1.29, 1.82) is 0 Å². The van der Waals surface area contributed by atoms with Crippen molar-refractivity contribution in [2.45, 2.75) is 25.6 Å². The van der Waals surface area contributed by atoms with Crippen LogP contribution in [0.3, 0.4) is 0 Å². The minimum absolute atomic E-state index is 0.873. The first-order chi connectivity index (χ1) is 5.90. The lowest BCUT2D eigenvalue weighted by atomic mass is 9.82. The second kappa shape index (κ2) is 2.28. The molecule has 0 saturated carbocycles. The summed E-state index contributed by atoms with van der Waals surface area (Å²) in [5, 5.41) is 0. The molecular weight excluding hydrogens is 143 g/mol. The van der Waals surface area contributed by atoms with Crippen molar-refractivity contribution >= 4 is 7.85 Å². The molecule has 1 heteroatoms. The number of fused-ring (bicyclic) bond motifs is 4. The van der Waals surface area contributed by atoms with Gasteiger partial charge in [-0.1, -0.05) is 29.6 Å². The fourth-order valence-corrected chi connectivity index (χ4v) is 3.44. The first-order valence-electron chi connectivity index (χ1n) is 5.31. The molecule has 0 amide bonds. The molecule has 0 radical (unpaired) electrons. The largest absolute Gasteiger partial charge is 0.102 e. The summed E-state index contributed by atoms with van der Waals surface area (Å²) in [5.74, 6) is 2.71. The lowest BCUT2D eigenvalue weighted by Gasteiger charge is -2.15. The third-order valence-corrected chi connectivity index (χ3v) is 4.00. The molecule has 0 saturated heterocycles. The summed E-state index contributed by atoms with van der Waals surface area (Å²) >= 11 is 0. The lowest BCUT2D eigenvalue weighted by molar-refractivity contribution is 0.564. The highest BCUT2D eigenvalue weighted by molar-refractivity contribution is 6.08. The van der Waals surface area contributed by atoms with Crippen LogP contribution in [0.2, 0.25) is 6.32 Å². The first kappa shape index (κ1) is 7.00. The van der Waals surface area contributed by atoms with Gasteiger partial charge in [0.25, 0.3) is 0 Å². The summed E-state index contributed by atoms with van der Waals surface area (Å²) in [6.45, 7) is 0. The van der Waals surface area contributed by atoms with Gasteiger partial charge in [0, 0.05) is 0 Å². The SMILES string of the molecule is BCC1CCC2=C1C1C=CC2C1. The molecule has 0 aliphatic heterocycles. The minimum Gasteiger partial charge on any atom is -0.0807 e. The van der Waals surface area contributed by atoms with Crippen molar-refractivity contribution in [2.75, 3.05) is 0 Å². The zero-order valence-electron chi connectivity index (χ0n) is 7.72. The molecule has 3 aliphatic carbocycles. The maximum absolute atomic E-state index is 2.46. The quantitative estimate of drug-likeness (QED) is 0.404. The van der Waals surface area contributed by atoms with Crippen molar-refractivity contribution in [2.24, 2.45) is 17.8 Å². The maximum Gasteiger partial charge on any atom is 0.102 e. The van der Waals surface area contributed by atoms with E-state index in [1.165, 1.54) is 25.6 Å². The van der Waals surface area contributed by atoms with Gasteiger partial charge in [0.1, 0.15) is 7.85 Å². The van der Waals surface area contributed by atoms with Gasteiger partial charge in [0.05, 0.1) is 0 Å². The van der Waals surface area contributed by atoms with Gasteiger partial charge >= 0.3 is 0 Å². The van der Waals surface area contributed by atoms with Gasteiger partial charge in [-0.3, -0.25) is 0 Å². The standard InChI is InChI=1S/C11H15B/c12-6-9-3-4-10-7-1-2-8(5-7)11(9)10/h1-2,7-9H,3-6,12H2. The second-order valence-corrected chi connectivity index (χ2v) is 4.46. The zero-order chi connectivity index (χ0) is 8.13. The smallest absolute Gasteiger partial charge is 0.0807 e. The Hall–Kier alpha value is -0.455. The molecule has 0 aromatic rings. The highest BCUT2D eigenvalue weighted by Crippen LogP contribution is 2.53. The molecular formula is C11H15B. The number of hydrogen-bond donors (Lipinski definition) is 0. The van der Waals surface area contributed by atoms with E-state index in [4.69, 9.17) is 0 Å². The van der Waals surface area contributed by atoms with Crippen molar-refractivity contribution in [3.8, 4) is 0 Å². The summed E-state index contributed by atoms with van der Waals surface area (Å²) < 4.78 is 0. The van der Waals surface area contributed by atoms with Crippen molar-refractivity contribution in [3.05, 3.63) is 23.3 Å². The van der Waals surface area contributed by atoms with Crippen LogP contribution in [0.1, 0.15) is 19.3 Å². The van der Waals surface area contributed by atoms with Gasteiger partial charge in [-0.2, -0.15) is 0 Å². The van der Waals surface area contributed by atoms with E-state index in [0.717, 1.165) is 17.8 Å². The molecule has 3 unspecified atom stereocenters. The Balaban J connectivity index is 1.99. The number of rotatable bonds is 1. The Kier molecular flexibility index (Phi) is 1.33. The van der Waals surface area contributed by atoms with Gasteiger partial charge in [0.15, 0.2) is 0 Å². The average Bonchev–Trinajstić information content (AvgIpc) is 2.76. The Morgan fingerprint density at radius 1 is 1.33 bits per heavy atom. The van der Waals surface area contributed by atoms with Crippen LogP contribution < -0.4 is 0 Å². The molecule has 3 atom stereocenters. The molecule has 0 aromatic carbocycles. The normalized spacial score (nSPS) is 42.8. The topological polar surface area (TPSA) is 0 Å². The van der Waals surface area contributed by atoms with Crippen LogP contribution >= 0.6 is 0 Å². The van der Waals surface area contributed by atoms with Gasteiger partial charge in [-0.15, -0.1) is 0 Å². The van der Waals surface area contributed by atoms with E-state index in [-0.39, 0.29) is 0 Å². The Morgan fingerprint density at radius 3 is 3.00 bits per heavy atom. The van der Waals surface area contributed by atoms with Crippen LogP contribution in [0.15, 0.2) is 23.3 Å². The summed E-state index contributed by atoms with van der Waals surface area (Å²) in [6.07, 6.45) is 10.6. The van der Waals surface area contributed by atoms with E-state index >= 15 is 0 Å². The monoisotopic (exact) mass is 158 g/mol. The van der Waals surface area contributed by atoms with Gasteiger partial charge < -0.3 is 0 Å². The summed E-state index contributed by atoms with van der Waals surface area (Å²) in [6, 6.07) is 0. The minimum atomic E-state index is 0.873. The molecule has 62 valence electrons. The molecule has 0 heterocycles. The van der Waals surface area contributed by atoms with E-state index in [1.807, 2.05) is 11.1 Å². The highest BCUT2D eigenvalue weighted by Gasteiger charge is 2.40. The zero-order valence-corrected chi connectivity index (χ0v) is 7.72. The van der Waals surface area contributed by atoms with Crippen molar-refractivity contribution in [1.82, 2.24) is 0 Å². The fraction of sp³-hybridized carbons (Fsp3) is 0.636. The third-order valence-electron chi connectivity index (χ3n) is 4.00. The molecule has 12 heavy (non-hydrogen) atoms. The summed E-state index contributed by atoms with van der Waals surface area (Å²) in [4.78, 5) is 0. The van der Waals surface area contributed by atoms with E-state index in [9.17, 15) is 0 Å². The molecule has 0 nitrogen and oxygen atoms in total. The van der Waals surface area contributed by atoms with Crippen LogP contribution in [0, 0.1) is 17.8 Å². The average molecular weight is 158 g/mol. The summed E-state index contributed by atoms with van der Waals surface area (Å²) in [7, 11) is 2.34. The van der Waals surface area contributed by atoms with E-state index in [2.05, 4.69) is 20.0 Å². The third kappa shape index (κ3) is 0.700. The Labute approximate surface area is 75.1 Å². The Morgan fingerprint density at radius 2 is 2.17 bits per heavy atom. The number of hydrogen-bond acceptors (Lipinski definition) is 0. The molecule has 2 bridgehead atoms. The van der Waals surface area contributed by atoms with Crippen LogP contribution in [0.4, 0.5) is 0 Å². The van der Waals surface area contributed by atoms with Crippen LogP contribution in [-0.4, -0.2) is 7.85 Å². The molecule has 0 spiro atoms. The van der Waals surface area contributed by atoms with Gasteiger partial charge in [-0.25, -0.2) is 0 Å². The molecule has 0 aromatic heterocycles. The molecule has 0 N–H and O–H groups in total. The highest BCUT2D eigenvalue weighted by atomic mass is 14.4. The fourth-order valence-electron chi connectivity index (χ4n) is 3.44. The van der Waals surface area contributed by atoms with Crippen LogP contribution in [0.25, 0.3) is 0 Å². The summed E-state index contributed by atoms with van der Waals surface area (Å²) in [5.41, 5.74) is 3.71. The lowest BCUT2D eigenvalue weighted by Crippen LogP contribution is -2.04. The number of allylic oxidation sites excluding steroid dienone is 4. The van der Waals surface area contributed by atoms with Crippen LogP contribution in [-0.2, 0) is 0 Å². The van der Waals surface area contributed by atoms with Gasteiger partial charge in [0.2, 0.25) is 0 Å². The molecule has 3 rings (SSSR count). The predicted octanol–water partition coefficient (Wildman–Crippen LogP) is 1.95. The first-order valence-corrected chi connectivity index (χ1v) is 5.31. The molecule has 3 aliphatic rings. The van der Waals surface area contributed by atoms with Gasteiger partial charge in [-0.05, 0) is 37.0 Å². The second-order valence-electron chi connectivity index (χ2n) is 4.46. The molecule has 0 fully saturated rings. The van der Waals surface area contributed by atoms with E-state index in [0.29, 0.717) is 0 Å². The van der Waals surface area contributed by atoms with E-state index in [1.54, 1.807) is 0 Å². The Bertz CT molecular complexity index is 275. The predicted molar refractivity (Wildman–Crippen MR) is 53.8 cm³/mol. The van der Waals surface area contributed by atoms with Crippen molar-refractivity contribution < 1.29 is 0 Å². The maximum atomic E-state index is 2.46.